The van der Waals surface area contributed by atoms with Crippen LogP contribution in [0, 0.1) is 0 Å². The van der Waals surface area contributed by atoms with Crippen molar-refractivity contribution in [1.82, 2.24) is 14.8 Å². The number of anilines is 1. The molecule has 29 heavy (non-hydrogen) atoms. The fourth-order valence-corrected chi connectivity index (χ4v) is 4.54. The third kappa shape index (κ3) is 4.78. The molecule has 2 fully saturated rings. The fraction of sp³-hybridized carbons (Fsp3) is 0.500. The molecule has 0 N–H and O–H groups in total. The second kappa shape index (κ2) is 8.95. The lowest BCUT2D eigenvalue weighted by Gasteiger charge is -2.40. The third-order valence-corrected chi connectivity index (χ3v) is 6.68. The number of carbonyl (C=O) groups is 1. The lowest BCUT2D eigenvalue weighted by atomic mass is 9.74. The summed E-state index contributed by atoms with van der Waals surface area (Å²) in [6.07, 6.45) is 4.78. The normalized spacial score (nSPS) is 19.9. The van der Waals surface area contributed by atoms with Crippen LogP contribution in [0.1, 0.15) is 31.7 Å². The number of piperazine rings is 1. The van der Waals surface area contributed by atoms with E-state index < -0.39 is 0 Å². The van der Waals surface area contributed by atoms with Gasteiger partial charge < -0.3 is 14.7 Å². The molecule has 4 rings (SSSR count). The van der Waals surface area contributed by atoms with Crippen molar-refractivity contribution in [2.24, 2.45) is 0 Å². The molecule has 3 heterocycles. The van der Waals surface area contributed by atoms with Gasteiger partial charge in [0, 0.05) is 45.3 Å². The Labute approximate surface area is 174 Å². The van der Waals surface area contributed by atoms with Crippen LogP contribution in [0.15, 0.2) is 54.7 Å². The molecule has 2 aliphatic heterocycles. The summed E-state index contributed by atoms with van der Waals surface area (Å²) in [5.74, 6) is 1.30. The highest BCUT2D eigenvalue weighted by molar-refractivity contribution is 5.76. The Hall–Kier alpha value is -2.40. The summed E-state index contributed by atoms with van der Waals surface area (Å²) < 4.78 is 0. The third-order valence-electron chi connectivity index (χ3n) is 6.68. The highest BCUT2D eigenvalue weighted by Gasteiger charge is 2.31. The summed E-state index contributed by atoms with van der Waals surface area (Å²) >= 11 is 0. The molecule has 1 aromatic heterocycles. The van der Waals surface area contributed by atoms with Crippen LogP contribution in [0.2, 0.25) is 0 Å². The largest absolute Gasteiger partial charge is 0.353 e. The molecular weight excluding hydrogens is 360 g/mol. The Kier molecular flexibility index (Phi) is 6.14. The summed E-state index contributed by atoms with van der Waals surface area (Å²) in [6, 6.07) is 16.9. The molecule has 2 aromatic rings. The van der Waals surface area contributed by atoms with Crippen molar-refractivity contribution >= 4 is 11.7 Å². The number of hydrogen-bond acceptors (Lipinski definition) is 4. The van der Waals surface area contributed by atoms with E-state index in [2.05, 4.69) is 52.0 Å². The molecule has 5 nitrogen and oxygen atoms in total. The number of nitrogens with zero attached hydrogens (tertiary/aromatic N) is 4. The first-order valence-corrected chi connectivity index (χ1v) is 10.9. The van der Waals surface area contributed by atoms with Crippen LogP contribution in [0.3, 0.4) is 0 Å². The average molecular weight is 393 g/mol. The number of benzene rings is 1. The number of likely N-dealkylation sites (tertiary alicyclic amines) is 1. The van der Waals surface area contributed by atoms with Gasteiger partial charge >= 0.3 is 0 Å². The van der Waals surface area contributed by atoms with Gasteiger partial charge in [0.05, 0.1) is 0 Å². The summed E-state index contributed by atoms with van der Waals surface area (Å²) in [7, 11) is 0. The molecule has 5 heteroatoms. The van der Waals surface area contributed by atoms with E-state index in [-0.39, 0.29) is 5.41 Å². The molecule has 0 radical (unpaired) electrons. The van der Waals surface area contributed by atoms with Crippen molar-refractivity contribution in [3.8, 4) is 0 Å². The average Bonchev–Trinajstić information content (AvgIpc) is 2.80. The zero-order chi connectivity index (χ0) is 20.1. The van der Waals surface area contributed by atoms with E-state index in [4.69, 9.17) is 0 Å². The topological polar surface area (TPSA) is 39.7 Å². The second-order valence-corrected chi connectivity index (χ2v) is 8.57. The van der Waals surface area contributed by atoms with E-state index >= 15 is 0 Å². The lowest BCUT2D eigenvalue weighted by molar-refractivity contribution is -0.131. The van der Waals surface area contributed by atoms with Crippen molar-refractivity contribution < 1.29 is 4.79 Å². The van der Waals surface area contributed by atoms with Crippen molar-refractivity contribution in [3.05, 3.63) is 60.3 Å². The number of rotatable bonds is 5. The maximum atomic E-state index is 12.7. The van der Waals surface area contributed by atoms with E-state index in [1.54, 1.807) is 0 Å². The standard InChI is InChI=1S/C24H32N4O/c1-24(21-7-3-2-4-8-21)11-15-26(16-12-24)14-10-23(29)28-19-17-27(18-20-28)22-9-5-6-13-25-22/h2-9,13H,10-12,14-20H2,1H3. The van der Waals surface area contributed by atoms with Gasteiger partial charge in [0.25, 0.3) is 0 Å². The minimum absolute atomic E-state index is 0.267. The monoisotopic (exact) mass is 392 g/mol. The highest BCUT2D eigenvalue weighted by Crippen LogP contribution is 2.34. The highest BCUT2D eigenvalue weighted by atomic mass is 16.2. The number of aromatic nitrogens is 1. The minimum Gasteiger partial charge on any atom is -0.353 e. The Bertz CT molecular complexity index is 779. The number of hydrogen-bond donors (Lipinski definition) is 0. The van der Waals surface area contributed by atoms with E-state index in [9.17, 15) is 4.79 Å². The van der Waals surface area contributed by atoms with Crippen LogP contribution >= 0.6 is 0 Å². The summed E-state index contributed by atoms with van der Waals surface area (Å²) in [5.41, 5.74) is 1.71. The smallest absolute Gasteiger partial charge is 0.223 e. The molecule has 0 bridgehead atoms. The Morgan fingerprint density at radius 3 is 2.28 bits per heavy atom. The van der Waals surface area contributed by atoms with Crippen LogP contribution in [0.4, 0.5) is 5.82 Å². The molecule has 0 unspecified atom stereocenters. The second-order valence-electron chi connectivity index (χ2n) is 8.57. The first-order valence-electron chi connectivity index (χ1n) is 10.9. The number of pyridine rings is 1. The fourth-order valence-electron chi connectivity index (χ4n) is 4.54. The van der Waals surface area contributed by atoms with Gasteiger partial charge in [0.2, 0.25) is 5.91 Å². The predicted molar refractivity (Wildman–Crippen MR) is 117 cm³/mol. The summed E-state index contributed by atoms with van der Waals surface area (Å²) in [6.45, 7) is 8.72. The predicted octanol–water partition coefficient (Wildman–Crippen LogP) is 3.17. The molecule has 1 aromatic carbocycles. The van der Waals surface area contributed by atoms with Crippen LogP contribution in [-0.2, 0) is 10.2 Å². The number of carbonyl (C=O) groups excluding carboxylic acids is 1. The lowest BCUT2D eigenvalue weighted by Crippen LogP contribution is -2.50. The molecule has 2 aliphatic rings. The molecule has 0 atom stereocenters. The minimum atomic E-state index is 0.267. The van der Waals surface area contributed by atoms with Gasteiger partial charge in [-0.1, -0.05) is 43.3 Å². The zero-order valence-corrected chi connectivity index (χ0v) is 17.5. The van der Waals surface area contributed by atoms with Crippen LogP contribution in [-0.4, -0.2) is 66.5 Å². The van der Waals surface area contributed by atoms with E-state index in [1.165, 1.54) is 5.56 Å². The van der Waals surface area contributed by atoms with Gasteiger partial charge in [0.1, 0.15) is 5.82 Å². The number of amides is 1. The molecule has 1 amide bonds. The van der Waals surface area contributed by atoms with Crippen molar-refractivity contribution in [1.29, 1.82) is 0 Å². The molecular formula is C24H32N4O. The van der Waals surface area contributed by atoms with Crippen molar-refractivity contribution in [2.45, 2.75) is 31.6 Å². The van der Waals surface area contributed by atoms with Crippen LogP contribution < -0.4 is 4.90 Å². The Morgan fingerprint density at radius 2 is 1.62 bits per heavy atom. The zero-order valence-electron chi connectivity index (χ0n) is 17.5. The van der Waals surface area contributed by atoms with Gasteiger partial charge in [-0.25, -0.2) is 4.98 Å². The maximum Gasteiger partial charge on any atom is 0.223 e. The first-order chi connectivity index (χ1) is 14.1. The molecule has 2 saturated heterocycles. The van der Waals surface area contributed by atoms with Gasteiger partial charge in [-0.3, -0.25) is 4.79 Å². The quantitative estimate of drug-likeness (QED) is 0.784. The maximum absolute atomic E-state index is 12.7. The molecule has 154 valence electrons. The van der Waals surface area contributed by atoms with Gasteiger partial charge in [-0.2, -0.15) is 0 Å². The van der Waals surface area contributed by atoms with Gasteiger partial charge in [-0.05, 0) is 49.0 Å². The first kappa shape index (κ1) is 19.9. The molecule has 0 saturated carbocycles. The van der Waals surface area contributed by atoms with Crippen LogP contribution in [0.25, 0.3) is 0 Å². The SMILES string of the molecule is CC1(c2ccccc2)CCN(CCC(=O)N2CCN(c3ccccn3)CC2)CC1. The Balaban J connectivity index is 1.20. The van der Waals surface area contributed by atoms with Crippen LogP contribution in [0.5, 0.6) is 0 Å². The Morgan fingerprint density at radius 1 is 0.931 bits per heavy atom. The summed E-state index contributed by atoms with van der Waals surface area (Å²) in [4.78, 5) is 23.9. The van der Waals surface area contributed by atoms with Gasteiger partial charge in [-0.15, -0.1) is 0 Å². The van der Waals surface area contributed by atoms with Gasteiger partial charge in [0.15, 0.2) is 0 Å². The molecule has 0 spiro atoms. The van der Waals surface area contributed by atoms with Crippen molar-refractivity contribution in [3.63, 3.8) is 0 Å². The van der Waals surface area contributed by atoms with E-state index in [1.807, 2.05) is 29.3 Å². The summed E-state index contributed by atoms with van der Waals surface area (Å²) in [5, 5.41) is 0. The van der Waals surface area contributed by atoms with E-state index in [0.29, 0.717) is 12.3 Å². The van der Waals surface area contributed by atoms with Crippen molar-refractivity contribution in [2.75, 3.05) is 50.7 Å². The number of piperidine rings is 1. The van der Waals surface area contributed by atoms with E-state index in [0.717, 1.165) is 64.5 Å². The molecule has 0 aliphatic carbocycles.